The van der Waals surface area contributed by atoms with Gasteiger partial charge in [-0.25, -0.2) is 0 Å². The zero-order valence-corrected chi connectivity index (χ0v) is 14.2. The second kappa shape index (κ2) is 7.07. The van der Waals surface area contributed by atoms with E-state index in [-0.39, 0.29) is 30.3 Å². The van der Waals surface area contributed by atoms with E-state index in [1.807, 2.05) is 0 Å². The number of halogens is 2. The Kier molecular flexibility index (Phi) is 5.09. The lowest BCUT2D eigenvalue weighted by Crippen LogP contribution is -3.03. The van der Waals surface area contributed by atoms with Gasteiger partial charge in [0.25, 0.3) is 5.91 Å². The zero-order valence-electron chi connectivity index (χ0n) is 12.6. The van der Waals surface area contributed by atoms with E-state index in [2.05, 4.69) is 16.0 Å². The van der Waals surface area contributed by atoms with E-state index < -0.39 is 0 Å². The molecule has 1 aromatic carbocycles. The summed E-state index contributed by atoms with van der Waals surface area (Å²) < 4.78 is 0. The summed E-state index contributed by atoms with van der Waals surface area (Å²) in [4.78, 5) is 24.4. The minimum atomic E-state index is -0.371. The second-order valence-corrected chi connectivity index (χ2v) is 7.15. The van der Waals surface area contributed by atoms with Crippen LogP contribution in [0.4, 0.5) is 5.69 Å². The number of piperazine rings is 1. The molecule has 0 bridgehead atoms. The van der Waals surface area contributed by atoms with E-state index in [1.165, 1.54) is 6.42 Å². The Hall–Kier alpha value is -1.30. The molecule has 2 aliphatic rings. The van der Waals surface area contributed by atoms with Crippen molar-refractivity contribution in [2.24, 2.45) is 0 Å². The van der Waals surface area contributed by atoms with Crippen LogP contribution < -0.4 is 16.0 Å². The number of rotatable bonds is 3. The number of quaternary nitrogens is 1. The number of nitrogens with two attached hydrogens (primary N) is 1. The van der Waals surface area contributed by atoms with E-state index in [0.29, 0.717) is 21.8 Å². The van der Waals surface area contributed by atoms with Crippen LogP contribution >= 0.6 is 23.2 Å². The molecule has 1 aliphatic heterocycles. The molecule has 3 rings (SSSR count). The zero-order chi connectivity index (χ0) is 16.4. The quantitative estimate of drug-likeness (QED) is 0.770. The molecule has 5 nitrogen and oxygen atoms in total. The van der Waals surface area contributed by atoms with Crippen molar-refractivity contribution in [3.05, 3.63) is 28.2 Å². The third-order valence-electron chi connectivity index (χ3n) is 4.51. The molecule has 0 aromatic heterocycles. The van der Waals surface area contributed by atoms with Crippen molar-refractivity contribution in [2.75, 3.05) is 5.32 Å². The van der Waals surface area contributed by atoms with Crippen LogP contribution in [-0.4, -0.2) is 29.9 Å². The molecule has 1 aliphatic carbocycles. The normalized spacial score (nSPS) is 27.0. The number of benzene rings is 1. The SMILES string of the molecule is O=C(C[C@H]1[NH2+][C@@H]2CCCC[C@@H]2NC1=O)Nc1cc(Cl)cc(Cl)c1. The van der Waals surface area contributed by atoms with Gasteiger partial charge in [0.2, 0.25) is 5.91 Å². The van der Waals surface area contributed by atoms with Crippen molar-refractivity contribution in [1.29, 1.82) is 0 Å². The highest BCUT2D eigenvalue weighted by molar-refractivity contribution is 6.35. The summed E-state index contributed by atoms with van der Waals surface area (Å²) >= 11 is 11.8. The Morgan fingerprint density at radius 2 is 1.91 bits per heavy atom. The predicted molar refractivity (Wildman–Crippen MR) is 89.6 cm³/mol. The molecule has 1 saturated carbocycles. The fourth-order valence-corrected chi connectivity index (χ4v) is 3.97. The molecule has 1 saturated heterocycles. The van der Waals surface area contributed by atoms with E-state index in [0.717, 1.165) is 19.3 Å². The van der Waals surface area contributed by atoms with Crippen LogP contribution in [0.2, 0.25) is 10.0 Å². The maximum Gasteiger partial charge on any atom is 0.279 e. The summed E-state index contributed by atoms with van der Waals surface area (Å²) in [7, 11) is 0. The average molecular weight is 357 g/mol. The number of fused-ring (bicyclic) bond motifs is 1. The summed E-state index contributed by atoms with van der Waals surface area (Å²) in [6.45, 7) is 0. The molecule has 23 heavy (non-hydrogen) atoms. The highest BCUT2D eigenvalue weighted by atomic mass is 35.5. The molecular weight excluding hydrogens is 337 g/mol. The first-order chi connectivity index (χ1) is 11.0. The number of carbonyl (C=O) groups is 2. The topological polar surface area (TPSA) is 74.8 Å². The van der Waals surface area contributed by atoms with Crippen LogP contribution in [0.5, 0.6) is 0 Å². The lowest BCUT2D eigenvalue weighted by molar-refractivity contribution is -0.718. The van der Waals surface area contributed by atoms with Crippen molar-refractivity contribution in [2.45, 2.75) is 50.2 Å². The molecule has 0 spiro atoms. The number of amides is 2. The summed E-state index contributed by atoms with van der Waals surface area (Å²) in [6, 6.07) is 5.14. The van der Waals surface area contributed by atoms with Crippen LogP contribution in [0.15, 0.2) is 18.2 Å². The van der Waals surface area contributed by atoms with E-state index in [9.17, 15) is 9.59 Å². The minimum absolute atomic E-state index is 0.0487. The largest absolute Gasteiger partial charge is 0.342 e. The Labute approximate surface area is 145 Å². The molecule has 2 amide bonds. The Bertz CT molecular complexity index is 603. The fraction of sp³-hybridized carbons (Fsp3) is 0.500. The van der Waals surface area contributed by atoms with Crippen molar-refractivity contribution >= 4 is 40.7 Å². The third-order valence-corrected chi connectivity index (χ3v) is 4.95. The molecule has 4 N–H and O–H groups in total. The summed E-state index contributed by atoms with van der Waals surface area (Å²) in [5.74, 6) is -0.263. The van der Waals surface area contributed by atoms with Gasteiger partial charge in [0, 0.05) is 22.2 Å². The van der Waals surface area contributed by atoms with Crippen LogP contribution in [0.25, 0.3) is 0 Å². The second-order valence-electron chi connectivity index (χ2n) is 6.27. The molecule has 0 unspecified atom stereocenters. The molecule has 1 heterocycles. The fourth-order valence-electron chi connectivity index (χ4n) is 3.44. The summed E-state index contributed by atoms with van der Waals surface area (Å²) in [5.41, 5.74) is 0.541. The van der Waals surface area contributed by atoms with E-state index in [1.54, 1.807) is 18.2 Å². The molecular formula is C16H20Cl2N3O2+. The lowest BCUT2D eigenvalue weighted by Gasteiger charge is -2.37. The number of hydrogen-bond donors (Lipinski definition) is 3. The van der Waals surface area contributed by atoms with Crippen LogP contribution in [0.1, 0.15) is 32.1 Å². The van der Waals surface area contributed by atoms with Gasteiger partial charge >= 0.3 is 0 Å². The van der Waals surface area contributed by atoms with E-state index in [4.69, 9.17) is 23.2 Å². The first kappa shape index (κ1) is 16.6. The molecule has 7 heteroatoms. The van der Waals surface area contributed by atoms with Gasteiger partial charge in [-0.05, 0) is 31.0 Å². The van der Waals surface area contributed by atoms with E-state index >= 15 is 0 Å². The molecule has 1 aromatic rings. The molecule has 2 fully saturated rings. The van der Waals surface area contributed by atoms with Crippen molar-refractivity contribution in [3.8, 4) is 0 Å². The van der Waals surface area contributed by atoms with Crippen LogP contribution in [0.3, 0.4) is 0 Å². The molecule has 0 radical (unpaired) electrons. The monoisotopic (exact) mass is 356 g/mol. The van der Waals surface area contributed by atoms with Gasteiger partial charge in [0.15, 0.2) is 6.04 Å². The maximum atomic E-state index is 12.2. The highest BCUT2D eigenvalue weighted by Crippen LogP contribution is 2.23. The Morgan fingerprint density at radius 1 is 1.22 bits per heavy atom. The maximum absolute atomic E-state index is 12.2. The van der Waals surface area contributed by atoms with Crippen LogP contribution in [-0.2, 0) is 9.59 Å². The predicted octanol–water partition coefficient (Wildman–Crippen LogP) is 1.69. The summed E-state index contributed by atoms with van der Waals surface area (Å²) in [6.07, 6.45) is 4.61. The first-order valence-electron chi connectivity index (χ1n) is 7.92. The van der Waals surface area contributed by atoms with Gasteiger partial charge in [0.05, 0.1) is 12.5 Å². The van der Waals surface area contributed by atoms with Crippen LogP contribution in [0, 0.1) is 0 Å². The minimum Gasteiger partial charge on any atom is -0.342 e. The number of carbonyl (C=O) groups excluding carboxylic acids is 2. The van der Waals surface area contributed by atoms with Gasteiger partial charge in [0.1, 0.15) is 6.04 Å². The number of hydrogen-bond acceptors (Lipinski definition) is 2. The summed E-state index contributed by atoms with van der Waals surface area (Å²) in [5, 5.41) is 8.80. The number of anilines is 1. The van der Waals surface area contributed by atoms with Gasteiger partial charge in [-0.2, -0.15) is 0 Å². The lowest BCUT2D eigenvalue weighted by atomic mass is 9.87. The smallest absolute Gasteiger partial charge is 0.279 e. The van der Waals surface area contributed by atoms with Crippen molar-refractivity contribution in [3.63, 3.8) is 0 Å². The van der Waals surface area contributed by atoms with Crippen molar-refractivity contribution < 1.29 is 14.9 Å². The third kappa shape index (κ3) is 4.16. The number of nitrogens with one attached hydrogen (secondary N) is 2. The standard InChI is InChI=1S/C16H19Cl2N3O2/c17-9-5-10(18)7-11(6-9)19-15(22)8-14-16(23)21-13-4-2-1-3-12(13)20-14/h5-7,12-14,20H,1-4,8H2,(H,19,22)(H,21,23)/p+1/t12-,13+,14-/m1/s1. The van der Waals surface area contributed by atoms with Gasteiger partial charge in [-0.15, -0.1) is 0 Å². The molecule has 3 atom stereocenters. The average Bonchev–Trinajstić information content (AvgIpc) is 2.46. The first-order valence-corrected chi connectivity index (χ1v) is 8.68. The van der Waals surface area contributed by atoms with Gasteiger partial charge < -0.3 is 16.0 Å². The van der Waals surface area contributed by atoms with Gasteiger partial charge in [-0.1, -0.05) is 29.6 Å². The Morgan fingerprint density at radius 3 is 2.65 bits per heavy atom. The molecule has 124 valence electrons. The van der Waals surface area contributed by atoms with Gasteiger partial charge in [-0.3, -0.25) is 9.59 Å². The van der Waals surface area contributed by atoms with Crippen molar-refractivity contribution in [1.82, 2.24) is 5.32 Å². The highest BCUT2D eigenvalue weighted by Gasteiger charge is 2.40. The Balaban J connectivity index is 1.59.